The highest BCUT2D eigenvalue weighted by atomic mass is 16.5. The molecule has 25 heavy (non-hydrogen) atoms. The van der Waals surface area contributed by atoms with E-state index in [1.54, 1.807) is 0 Å². The quantitative estimate of drug-likeness (QED) is 0.500. The lowest BCUT2D eigenvalue weighted by Crippen LogP contribution is -2.57. The number of nitrogens with one attached hydrogen (secondary N) is 1. The number of carbonyl (C=O) groups excluding carboxylic acids is 2. The van der Waals surface area contributed by atoms with Crippen LogP contribution >= 0.6 is 0 Å². The van der Waals surface area contributed by atoms with Crippen LogP contribution in [0.5, 0.6) is 11.5 Å². The van der Waals surface area contributed by atoms with Gasteiger partial charge in [-0.25, -0.2) is 0 Å². The standard InChI is InChI=1S/C20H23NO4/c1-11(22)15-16-18(25-20(5,6)19(3,4)21-16)14-10-8-7-9-13(14)17(15)24-12(2)23/h7-10,21H,1-6H3. The van der Waals surface area contributed by atoms with Crippen LogP contribution in [0.3, 0.4) is 0 Å². The maximum atomic E-state index is 12.4. The summed E-state index contributed by atoms with van der Waals surface area (Å²) in [5.41, 5.74) is -0.0147. The highest BCUT2D eigenvalue weighted by Crippen LogP contribution is 2.51. The van der Waals surface area contributed by atoms with Gasteiger partial charge in [-0.15, -0.1) is 0 Å². The Morgan fingerprint density at radius 1 is 1.04 bits per heavy atom. The van der Waals surface area contributed by atoms with Gasteiger partial charge in [0.2, 0.25) is 0 Å². The zero-order valence-electron chi connectivity index (χ0n) is 15.4. The molecule has 2 aromatic carbocycles. The lowest BCUT2D eigenvalue weighted by atomic mass is 9.82. The normalized spacial score (nSPS) is 17.2. The number of hydrogen-bond donors (Lipinski definition) is 1. The van der Waals surface area contributed by atoms with Crippen molar-refractivity contribution in [1.29, 1.82) is 0 Å². The van der Waals surface area contributed by atoms with Crippen LogP contribution in [0, 0.1) is 0 Å². The first-order valence-corrected chi connectivity index (χ1v) is 8.30. The van der Waals surface area contributed by atoms with Crippen molar-refractivity contribution in [2.75, 3.05) is 5.32 Å². The molecule has 0 unspecified atom stereocenters. The average molecular weight is 341 g/mol. The maximum Gasteiger partial charge on any atom is 0.308 e. The molecule has 0 spiro atoms. The van der Waals surface area contributed by atoms with Gasteiger partial charge in [-0.3, -0.25) is 9.59 Å². The van der Waals surface area contributed by atoms with Gasteiger partial charge in [0.1, 0.15) is 5.60 Å². The minimum absolute atomic E-state index is 0.190. The fraction of sp³-hybridized carbons (Fsp3) is 0.400. The molecule has 0 radical (unpaired) electrons. The Bertz CT molecular complexity index is 896. The lowest BCUT2D eigenvalue weighted by Gasteiger charge is -2.48. The van der Waals surface area contributed by atoms with E-state index in [-0.39, 0.29) is 11.5 Å². The monoisotopic (exact) mass is 341 g/mol. The van der Waals surface area contributed by atoms with Crippen LogP contribution in [0.2, 0.25) is 0 Å². The van der Waals surface area contributed by atoms with E-state index in [0.29, 0.717) is 22.4 Å². The fourth-order valence-electron chi connectivity index (χ4n) is 3.03. The molecule has 5 heteroatoms. The largest absolute Gasteiger partial charge is 0.483 e. The highest BCUT2D eigenvalue weighted by Gasteiger charge is 2.45. The Morgan fingerprint density at radius 2 is 1.64 bits per heavy atom. The number of ether oxygens (including phenoxy) is 2. The summed E-state index contributed by atoms with van der Waals surface area (Å²) in [7, 11) is 0. The minimum atomic E-state index is -0.500. The minimum Gasteiger partial charge on any atom is -0.483 e. The number of esters is 1. The van der Waals surface area contributed by atoms with Gasteiger partial charge in [0, 0.05) is 17.7 Å². The van der Waals surface area contributed by atoms with Crippen molar-refractivity contribution in [3.05, 3.63) is 29.8 Å². The summed E-state index contributed by atoms with van der Waals surface area (Å²) >= 11 is 0. The molecule has 0 saturated carbocycles. The highest BCUT2D eigenvalue weighted by molar-refractivity contribution is 6.13. The van der Waals surface area contributed by atoms with E-state index in [4.69, 9.17) is 9.47 Å². The summed E-state index contributed by atoms with van der Waals surface area (Å²) in [4.78, 5) is 24.1. The molecule has 1 aliphatic heterocycles. The lowest BCUT2D eigenvalue weighted by molar-refractivity contribution is -0.131. The van der Waals surface area contributed by atoms with E-state index < -0.39 is 17.1 Å². The first-order valence-electron chi connectivity index (χ1n) is 8.30. The predicted molar refractivity (Wildman–Crippen MR) is 97.7 cm³/mol. The smallest absolute Gasteiger partial charge is 0.308 e. The molecule has 0 aliphatic carbocycles. The predicted octanol–water partition coefficient (Wildman–Crippen LogP) is 4.33. The summed E-state index contributed by atoms with van der Waals surface area (Å²) in [6, 6.07) is 7.47. The molecule has 0 bridgehead atoms. The molecule has 0 amide bonds. The van der Waals surface area contributed by atoms with E-state index in [9.17, 15) is 9.59 Å². The Labute approximate surface area is 147 Å². The number of hydrogen-bond acceptors (Lipinski definition) is 5. The number of rotatable bonds is 2. The third-order valence-electron chi connectivity index (χ3n) is 5.02. The van der Waals surface area contributed by atoms with Gasteiger partial charge in [-0.1, -0.05) is 24.3 Å². The number of carbonyl (C=O) groups is 2. The second kappa shape index (κ2) is 5.48. The second-order valence-corrected chi connectivity index (χ2v) is 7.47. The summed E-state index contributed by atoms with van der Waals surface area (Å²) in [6.07, 6.45) is 0. The van der Waals surface area contributed by atoms with Crippen LogP contribution in [0.4, 0.5) is 5.69 Å². The van der Waals surface area contributed by atoms with Crippen LogP contribution in [0.25, 0.3) is 10.8 Å². The Hall–Kier alpha value is -2.56. The first-order chi connectivity index (χ1) is 11.5. The van der Waals surface area contributed by atoms with Gasteiger partial charge in [0.05, 0.1) is 16.8 Å². The summed E-state index contributed by atoms with van der Waals surface area (Å²) < 4.78 is 11.8. The topological polar surface area (TPSA) is 64.6 Å². The van der Waals surface area contributed by atoms with Crippen LogP contribution in [-0.2, 0) is 4.79 Å². The number of fused-ring (bicyclic) bond motifs is 3. The number of anilines is 1. The molecule has 0 fully saturated rings. The Kier molecular flexibility index (Phi) is 3.78. The molecule has 2 aromatic rings. The maximum absolute atomic E-state index is 12.4. The molecule has 1 aliphatic rings. The Balaban J connectivity index is 2.44. The second-order valence-electron chi connectivity index (χ2n) is 7.47. The molecule has 1 N–H and O–H groups in total. The van der Waals surface area contributed by atoms with Gasteiger partial charge in [-0.2, -0.15) is 0 Å². The van der Waals surface area contributed by atoms with E-state index in [2.05, 4.69) is 5.32 Å². The SMILES string of the molecule is CC(=O)Oc1c(C(C)=O)c2c(c3ccccc13)OC(C)(C)C(C)(C)N2. The zero-order valence-corrected chi connectivity index (χ0v) is 15.4. The van der Waals surface area contributed by atoms with Crippen molar-refractivity contribution < 1.29 is 19.1 Å². The van der Waals surface area contributed by atoms with E-state index in [1.165, 1.54) is 13.8 Å². The molecular formula is C20H23NO4. The molecular weight excluding hydrogens is 318 g/mol. The molecule has 0 saturated heterocycles. The van der Waals surface area contributed by atoms with E-state index >= 15 is 0 Å². The number of benzene rings is 2. The van der Waals surface area contributed by atoms with Gasteiger partial charge >= 0.3 is 5.97 Å². The molecule has 132 valence electrons. The number of Topliss-reactive ketones (excluding diaryl/α,β-unsaturated/α-hetero) is 1. The van der Waals surface area contributed by atoms with E-state index in [1.807, 2.05) is 52.0 Å². The summed E-state index contributed by atoms with van der Waals surface area (Å²) in [5.74, 6) is 0.232. The third-order valence-corrected chi connectivity index (χ3v) is 5.02. The molecule has 0 atom stereocenters. The summed E-state index contributed by atoms with van der Waals surface area (Å²) in [5, 5.41) is 4.93. The summed E-state index contributed by atoms with van der Waals surface area (Å²) in [6.45, 7) is 10.8. The van der Waals surface area contributed by atoms with Gasteiger partial charge in [0.25, 0.3) is 0 Å². The Morgan fingerprint density at radius 3 is 2.20 bits per heavy atom. The third kappa shape index (κ3) is 2.64. The van der Waals surface area contributed by atoms with Crippen molar-refractivity contribution in [3.63, 3.8) is 0 Å². The average Bonchev–Trinajstić information content (AvgIpc) is 2.48. The van der Waals surface area contributed by atoms with Gasteiger partial charge < -0.3 is 14.8 Å². The molecule has 1 heterocycles. The van der Waals surface area contributed by atoms with Crippen molar-refractivity contribution in [1.82, 2.24) is 0 Å². The van der Waals surface area contributed by atoms with Crippen LogP contribution in [0.1, 0.15) is 51.9 Å². The fourth-order valence-corrected chi connectivity index (χ4v) is 3.03. The first kappa shape index (κ1) is 17.3. The molecule has 3 rings (SSSR count). The van der Waals surface area contributed by atoms with Crippen molar-refractivity contribution >= 4 is 28.2 Å². The van der Waals surface area contributed by atoms with Crippen LogP contribution in [-0.4, -0.2) is 22.9 Å². The molecule has 5 nitrogen and oxygen atoms in total. The van der Waals surface area contributed by atoms with Crippen molar-refractivity contribution in [2.45, 2.75) is 52.7 Å². The van der Waals surface area contributed by atoms with Crippen LogP contribution in [0.15, 0.2) is 24.3 Å². The molecule has 0 aromatic heterocycles. The van der Waals surface area contributed by atoms with E-state index in [0.717, 1.165) is 5.39 Å². The van der Waals surface area contributed by atoms with Crippen LogP contribution < -0.4 is 14.8 Å². The van der Waals surface area contributed by atoms with Crippen molar-refractivity contribution in [2.24, 2.45) is 0 Å². The van der Waals surface area contributed by atoms with Crippen molar-refractivity contribution in [3.8, 4) is 11.5 Å². The number of ketones is 1. The zero-order chi connectivity index (χ0) is 18.6. The van der Waals surface area contributed by atoms with Gasteiger partial charge in [0.15, 0.2) is 17.3 Å². The van der Waals surface area contributed by atoms with Gasteiger partial charge in [-0.05, 0) is 34.6 Å².